The maximum Gasteiger partial charge on any atom is 0.265 e. The first-order chi connectivity index (χ1) is 8.99. The molecule has 1 heterocycles. The topological polar surface area (TPSA) is 42.0 Å². The first-order valence-electron chi connectivity index (χ1n) is 5.67. The fraction of sp³-hybridized carbons (Fsp3) is 0.231. The summed E-state index contributed by atoms with van der Waals surface area (Å²) < 4.78 is 3.84. The molecule has 0 saturated heterocycles. The maximum atomic E-state index is 12.0. The van der Waals surface area contributed by atoms with Crippen molar-refractivity contribution in [3.8, 4) is 0 Å². The van der Waals surface area contributed by atoms with Gasteiger partial charge in [0.2, 0.25) is 0 Å². The average molecular weight is 315 g/mol. The zero-order valence-electron chi connectivity index (χ0n) is 10.4. The van der Waals surface area contributed by atoms with Gasteiger partial charge in [0.1, 0.15) is 9.90 Å². The van der Waals surface area contributed by atoms with E-state index >= 15 is 0 Å². The van der Waals surface area contributed by atoms with Gasteiger partial charge in [-0.3, -0.25) is 4.79 Å². The van der Waals surface area contributed by atoms with Crippen LogP contribution in [0.25, 0.3) is 0 Å². The lowest BCUT2D eigenvalue weighted by molar-refractivity contribution is 0.0944. The van der Waals surface area contributed by atoms with Crippen LogP contribution in [-0.4, -0.2) is 10.3 Å². The summed E-state index contributed by atoms with van der Waals surface area (Å²) in [5.74, 6) is -0.262. The standard InChI is InChI=1S/C13H12Cl2N2OS/c1-7-3-5-9(6-4-7)8(2)16-13(18)11-10(14)12(15)17-19-11/h3-6,8H,1-2H3,(H,16,18). The van der Waals surface area contributed by atoms with Gasteiger partial charge in [-0.2, -0.15) is 4.37 Å². The van der Waals surface area contributed by atoms with Gasteiger partial charge in [0, 0.05) is 0 Å². The monoisotopic (exact) mass is 314 g/mol. The summed E-state index contributed by atoms with van der Waals surface area (Å²) in [6, 6.07) is 7.89. The number of rotatable bonds is 3. The van der Waals surface area contributed by atoms with Gasteiger partial charge in [-0.15, -0.1) is 0 Å². The van der Waals surface area contributed by atoms with E-state index in [4.69, 9.17) is 23.2 Å². The van der Waals surface area contributed by atoms with Crippen LogP contribution in [-0.2, 0) is 0 Å². The van der Waals surface area contributed by atoms with Crippen molar-refractivity contribution >= 4 is 40.6 Å². The van der Waals surface area contributed by atoms with E-state index in [-0.39, 0.29) is 22.1 Å². The predicted octanol–water partition coefficient (Wildman–Crippen LogP) is 4.25. The molecule has 1 unspecified atom stereocenters. The lowest BCUT2D eigenvalue weighted by Crippen LogP contribution is -2.26. The summed E-state index contributed by atoms with van der Waals surface area (Å²) >= 11 is 12.6. The fourth-order valence-corrected chi connectivity index (χ4v) is 2.72. The molecule has 1 atom stereocenters. The van der Waals surface area contributed by atoms with Crippen LogP contribution in [0.5, 0.6) is 0 Å². The smallest absolute Gasteiger partial charge is 0.265 e. The minimum Gasteiger partial charge on any atom is -0.345 e. The molecule has 0 aliphatic heterocycles. The summed E-state index contributed by atoms with van der Waals surface area (Å²) in [7, 11) is 0. The third kappa shape index (κ3) is 3.26. The molecule has 1 aromatic heterocycles. The minimum absolute atomic E-state index is 0.106. The highest BCUT2D eigenvalue weighted by Gasteiger charge is 2.19. The molecule has 100 valence electrons. The number of benzene rings is 1. The van der Waals surface area contributed by atoms with Crippen molar-refractivity contribution in [3.63, 3.8) is 0 Å². The molecule has 0 aliphatic carbocycles. The van der Waals surface area contributed by atoms with Crippen molar-refractivity contribution in [3.05, 3.63) is 50.4 Å². The number of halogens is 2. The number of hydrogen-bond acceptors (Lipinski definition) is 3. The Balaban J connectivity index is 2.10. The van der Waals surface area contributed by atoms with Crippen molar-refractivity contribution in [1.82, 2.24) is 9.69 Å². The Hall–Kier alpha value is -1.10. The summed E-state index contributed by atoms with van der Waals surface area (Å²) in [4.78, 5) is 12.4. The molecule has 0 fully saturated rings. The van der Waals surface area contributed by atoms with Crippen LogP contribution >= 0.6 is 34.7 Å². The molecule has 0 saturated carbocycles. The van der Waals surface area contributed by atoms with E-state index in [1.165, 1.54) is 5.56 Å². The zero-order valence-corrected chi connectivity index (χ0v) is 12.7. The van der Waals surface area contributed by atoms with Crippen molar-refractivity contribution in [2.45, 2.75) is 19.9 Å². The molecule has 2 aromatic rings. The Morgan fingerprint density at radius 1 is 1.32 bits per heavy atom. The molecule has 0 radical (unpaired) electrons. The summed E-state index contributed by atoms with van der Waals surface area (Å²) in [6.45, 7) is 3.94. The van der Waals surface area contributed by atoms with E-state index in [0.717, 1.165) is 17.1 Å². The molecular weight excluding hydrogens is 303 g/mol. The van der Waals surface area contributed by atoms with Crippen molar-refractivity contribution in [2.24, 2.45) is 0 Å². The molecule has 3 nitrogen and oxygen atoms in total. The molecule has 6 heteroatoms. The second kappa shape index (κ2) is 5.90. The fourth-order valence-electron chi connectivity index (χ4n) is 1.60. The Labute approximate surface area is 125 Å². The number of nitrogens with zero attached hydrogens (tertiary/aromatic N) is 1. The number of nitrogens with one attached hydrogen (secondary N) is 1. The van der Waals surface area contributed by atoms with E-state index in [0.29, 0.717) is 4.88 Å². The van der Waals surface area contributed by atoms with Gasteiger partial charge >= 0.3 is 0 Å². The Morgan fingerprint density at radius 3 is 2.47 bits per heavy atom. The SMILES string of the molecule is Cc1ccc(C(C)NC(=O)c2snc(Cl)c2Cl)cc1. The molecule has 2 rings (SSSR count). The molecular formula is C13H12Cl2N2OS. The minimum atomic E-state index is -0.262. The van der Waals surface area contributed by atoms with Gasteiger partial charge in [-0.05, 0) is 30.9 Å². The van der Waals surface area contributed by atoms with Crippen LogP contribution in [0.3, 0.4) is 0 Å². The molecule has 0 aliphatic rings. The number of aryl methyl sites for hydroxylation is 1. The van der Waals surface area contributed by atoms with Crippen LogP contribution in [0.2, 0.25) is 10.2 Å². The predicted molar refractivity (Wildman–Crippen MR) is 79.2 cm³/mol. The molecule has 0 spiro atoms. The maximum absolute atomic E-state index is 12.0. The first kappa shape index (κ1) is 14.3. The Kier molecular flexibility index (Phi) is 4.45. The number of amides is 1. The number of carbonyl (C=O) groups excluding carboxylic acids is 1. The molecule has 19 heavy (non-hydrogen) atoms. The van der Waals surface area contributed by atoms with E-state index < -0.39 is 0 Å². The Bertz CT molecular complexity index is 595. The summed E-state index contributed by atoms with van der Waals surface area (Å²) in [6.07, 6.45) is 0. The second-order valence-corrected chi connectivity index (χ2v) is 5.73. The van der Waals surface area contributed by atoms with Gasteiger partial charge in [-0.25, -0.2) is 0 Å². The number of hydrogen-bond donors (Lipinski definition) is 1. The largest absolute Gasteiger partial charge is 0.345 e. The summed E-state index contributed by atoms with van der Waals surface area (Å²) in [5, 5.41) is 3.25. The van der Waals surface area contributed by atoms with E-state index in [1.54, 1.807) is 0 Å². The molecule has 1 N–H and O–H groups in total. The number of aromatic nitrogens is 1. The van der Waals surface area contributed by atoms with E-state index in [2.05, 4.69) is 9.69 Å². The van der Waals surface area contributed by atoms with Gasteiger partial charge in [-0.1, -0.05) is 53.0 Å². The van der Waals surface area contributed by atoms with Crippen LogP contribution < -0.4 is 5.32 Å². The normalized spacial score (nSPS) is 12.2. The third-order valence-electron chi connectivity index (χ3n) is 2.73. The molecule has 0 bridgehead atoms. The van der Waals surface area contributed by atoms with Crippen molar-refractivity contribution in [2.75, 3.05) is 0 Å². The van der Waals surface area contributed by atoms with Gasteiger partial charge in [0.05, 0.1) is 6.04 Å². The highest BCUT2D eigenvalue weighted by molar-refractivity contribution is 7.09. The quantitative estimate of drug-likeness (QED) is 0.920. The van der Waals surface area contributed by atoms with Crippen LogP contribution in [0.15, 0.2) is 24.3 Å². The second-order valence-electron chi connectivity index (χ2n) is 4.22. The highest BCUT2D eigenvalue weighted by Crippen LogP contribution is 2.28. The van der Waals surface area contributed by atoms with Gasteiger partial charge in [0.25, 0.3) is 5.91 Å². The van der Waals surface area contributed by atoms with Crippen molar-refractivity contribution < 1.29 is 4.79 Å². The molecule has 1 aromatic carbocycles. The van der Waals surface area contributed by atoms with E-state index in [1.807, 2.05) is 38.1 Å². The van der Waals surface area contributed by atoms with Crippen LogP contribution in [0, 0.1) is 6.92 Å². The van der Waals surface area contributed by atoms with Crippen LogP contribution in [0.4, 0.5) is 0 Å². The highest BCUT2D eigenvalue weighted by atomic mass is 35.5. The summed E-state index contributed by atoms with van der Waals surface area (Å²) in [5.41, 5.74) is 2.21. The zero-order chi connectivity index (χ0) is 14.0. The van der Waals surface area contributed by atoms with Crippen molar-refractivity contribution in [1.29, 1.82) is 0 Å². The lowest BCUT2D eigenvalue weighted by Gasteiger charge is -2.13. The lowest BCUT2D eigenvalue weighted by atomic mass is 10.1. The van der Waals surface area contributed by atoms with Crippen LogP contribution in [0.1, 0.15) is 33.8 Å². The molecule has 1 amide bonds. The van der Waals surface area contributed by atoms with E-state index in [9.17, 15) is 4.79 Å². The average Bonchev–Trinajstić information content (AvgIpc) is 2.70. The Morgan fingerprint density at radius 2 is 1.95 bits per heavy atom. The third-order valence-corrected chi connectivity index (χ3v) is 4.53. The van der Waals surface area contributed by atoms with Gasteiger partial charge in [0.15, 0.2) is 5.15 Å². The number of carbonyl (C=O) groups is 1. The first-order valence-corrected chi connectivity index (χ1v) is 7.20. The van der Waals surface area contributed by atoms with Gasteiger partial charge < -0.3 is 5.32 Å².